The minimum atomic E-state index is -3.95. The number of rotatable bonds is 6. The molecular weight excluding hydrogens is 314 g/mol. The minimum absolute atomic E-state index is 0.219. The summed E-state index contributed by atoms with van der Waals surface area (Å²) in [7, 11) is -3.95. The lowest BCUT2D eigenvalue weighted by Gasteiger charge is -2.09. The summed E-state index contributed by atoms with van der Waals surface area (Å²) in [6.45, 7) is 2.28. The lowest BCUT2D eigenvalue weighted by Crippen LogP contribution is -2.15. The van der Waals surface area contributed by atoms with Gasteiger partial charge in [0.05, 0.1) is 12.3 Å². The van der Waals surface area contributed by atoms with Gasteiger partial charge in [0.1, 0.15) is 15.5 Å². The number of carbonyl (C=O) groups is 1. The third-order valence-electron chi connectivity index (χ3n) is 2.51. The number of anilines is 1. The van der Waals surface area contributed by atoms with Crippen molar-refractivity contribution in [2.24, 2.45) is 0 Å². The standard InChI is InChI=1S/C13H13NO5S2/c1-2-19-10-5-3-4-9(8-10)14-21(17,18)11-6-7-20-12(11)13(15)16/h3-8,14H,2H2,1H3,(H,15,16). The minimum Gasteiger partial charge on any atom is -0.494 e. The molecule has 0 fully saturated rings. The lowest BCUT2D eigenvalue weighted by molar-refractivity contribution is 0.0698. The van der Waals surface area contributed by atoms with Crippen LogP contribution in [0.25, 0.3) is 0 Å². The van der Waals surface area contributed by atoms with Crippen LogP contribution in [-0.2, 0) is 10.0 Å². The number of thiophene rings is 1. The molecule has 0 saturated carbocycles. The molecular formula is C13H13NO5S2. The Hall–Kier alpha value is -2.06. The Labute approximate surface area is 126 Å². The molecule has 0 radical (unpaired) electrons. The van der Waals surface area contributed by atoms with Crippen molar-refractivity contribution >= 4 is 33.0 Å². The predicted molar refractivity (Wildman–Crippen MR) is 79.7 cm³/mol. The van der Waals surface area contributed by atoms with Crippen LogP contribution in [0.3, 0.4) is 0 Å². The van der Waals surface area contributed by atoms with Crippen LogP contribution in [0, 0.1) is 0 Å². The number of aromatic carboxylic acids is 1. The van der Waals surface area contributed by atoms with Crippen molar-refractivity contribution in [2.75, 3.05) is 11.3 Å². The van der Waals surface area contributed by atoms with Crippen molar-refractivity contribution in [2.45, 2.75) is 11.8 Å². The third-order valence-corrected chi connectivity index (χ3v) is 4.97. The average molecular weight is 327 g/mol. The Morgan fingerprint density at radius 1 is 1.38 bits per heavy atom. The first-order valence-electron chi connectivity index (χ1n) is 6.00. The second-order valence-electron chi connectivity index (χ2n) is 3.99. The SMILES string of the molecule is CCOc1cccc(NS(=O)(=O)c2ccsc2C(=O)O)c1. The Morgan fingerprint density at radius 3 is 2.81 bits per heavy atom. The molecule has 0 aliphatic rings. The molecule has 0 amide bonds. The second-order valence-corrected chi connectivity index (χ2v) is 6.55. The average Bonchev–Trinajstić information content (AvgIpc) is 2.89. The largest absolute Gasteiger partial charge is 0.494 e. The van der Waals surface area contributed by atoms with Gasteiger partial charge in [0, 0.05) is 6.07 Å². The van der Waals surface area contributed by atoms with Crippen LogP contribution < -0.4 is 9.46 Å². The van der Waals surface area contributed by atoms with Gasteiger partial charge in [-0.1, -0.05) is 6.07 Å². The zero-order valence-electron chi connectivity index (χ0n) is 11.1. The summed E-state index contributed by atoms with van der Waals surface area (Å²) >= 11 is 0.863. The number of hydrogen-bond acceptors (Lipinski definition) is 5. The van der Waals surface area contributed by atoms with Crippen molar-refractivity contribution in [1.29, 1.82) is 0 Å². The predicted octanol–water partition coefficient (Wildman–Crippen LogP) is 2.65. The van der Waals surface area contributed by atoms with Gasteiger partial charge < -0.3 is 9.84 Å². The highest BCUT2D eigenvalue weighted by atomic mass is 32.2. The molecule has 6 nitrogen and oxygen atoms in total. The van der Waals surface area contributed by atoms with E-state index in [1.54, 1.807) is 18.2 Å². The van der Waals surface area contributed by atoms with E-state index in [0.717, 1.165) is 11.3 Å². The van der Waals surface area contributed by atoms with Crippen LogP contribution in [0.5, 0.6) is 5.75 Å². The first-order valence-corrected chi connectivity index (χ1v) is 8.37. The van der Waals surface area contributed by atoms with Crippen LogP contribution in [0.15, 0.2) is 40.6 Å². The van der Waals surface area contributed by atoms with Gasteiger partial charge in [0.2, 0.25) is 0 Å². The van der Waals surface area contributed by atoms with Crippen LogP contribution in [0.1, 0.15) is 16.6 Å². The molecule has 112 valence electrons. The van der Waals surface area contributed by atoms with E-state index in [1.807, 2.05) is 6.92 Å². The smallest absolute Gasteiger partial charge is 0.347 e. The number of benzene rings is 1. The summed E-state index contributed by atoms with van der Waals surface area (Å²) in [5.74, 6) is -0.741. The maximum Gasteiger partial charge on any atom is 0.347 e. The monoisotopic (exact) mass is 327 g/mol. The van der Waals surface area contributed by atoms with E-state index < -0.39 is 16.0 Å². The van der Waals surface area contributed by atoms with Gasteiger partial charge in [-0.25, -0.2) is 13.2 Å². The number of nitrogens with one attached hydrogen (secondary N) is 1. The molecule has 0 unspecified atom stereocenters. The topological polar surface area (TPSA) is 92.7 Å². The summed E-state index contributed by atoms with van der Waals surface area (Å²) < 4.78 is 32.1. The van der Waals surface area contributed by atoms with E-state index in [4.69, 9.17) is 9.84 Å². The maximum atomic E-state index is 12.2. The highest BCUT2D eigenvalue weighted by molar-refractivity contribution is 7.93. The molecule has 8 heteroatoms. The molecule has 0 spiro atoms. The first kappa shape index (κ1) is 15.3. The number of ether oxygens (including phenoxy) is 1. The van der Waals surface area contributed by atoms with Crippen LogP contribution in [0.2, 0.25) is 0 Å². The van der Waals surface area contributed by atoms with E-state index in [1.165, 1.54) is 17.5 Å². The Morgan fingerprint density at radius 2 is 2.14 bits per heavy atom. The second kappa shape index (κ2) is 6.15. The van der Waals surface area contributed by atoms with E-state index in [2.05, 4.69) is 4.72 Å². The molecule has 0 bridgehead atoms. The van der Waals surface area contributed by atoms with Gasteiger partial charge >= 0.3 is 5.97 Å². The molecule has 1 aromatic heterocycles. The van der Waals surface area contributed by atoms with Crippen molar-refractivity contribution in [3.8, 4) is 5.75 Å². The van der Waals surface area contributed by atoms with Gasteiger partial charge in [0.25, 0.3) is 10.0 Å². The molecule has 0 aliphatic heterocycles. The molecule has 1 aromatic carbocycles. The molecule has 1 heterocycles. The Kier molecular flexibility index (Phi) is 4.49. The zero-order valence-corrected chi connectivity index (χ0v) is 12.7. The fraction of sp³-hybridized carbons (Fsp3) is 0.154. The molecule has 0 atom stereocenters. The van der Waals surface area contributed by atoms with E-state index in [0.29, 0.717) is 18.0 Å². The zero-order chi connectivity index (χ0) is 15.5. The number of carboxylic acid groups (broad SMARTS) is 1. The molecule has 21 heavy (non-hydrogen) atoms. The van der Waals surface area contributed by atoms with E-state index in [-0.39, 0.29) is 9.77 Å². The van der Waals surface area contributed by atoms with Crippen LogP contribution in [0.4, 0.5) is 5.69 Å². The summed E-state index contributed by atoms with van der Waals surface area (Å²) in [6.07, 6.45) is 0. The molecule has 0 aliphatic carbocycles. The molecule has 2 N–H and O–H groups in total. The van der Waals surface area contributed by atoms with Gasteiger partial charge in [-0.05, 0) is 30.5 Å². The van der Waals surface area contributed by atoms with Crippen molar-refractivity contribution < 1.29 is 23.1 Å². The van der Waals surface area contributed by atoms with Crippen LogP contribution in [-0.4, -0.2) is 26.1 Å². The van der Waals surface area contributed by atoms with E-state index in [9.17, 15) is 13.2 Å². The molecule has 2 aromatic rings. The maximum absolute atomic E-state index is 12.2. The van der Waals surface area contributed by atoms with Crippen molar-refractivity contribution in [1.82, 2.24) is 0 Å². The van der Waals surface area contributed by atoms with Gasteiger partial charge in [0.15, 0.2) is 0 Å². The quantitative estimate of drug-likeness (QED) is 0.851. The number of sulfonamides is 1. The van der Waals surface area contributed by atoms with Gasteiger partial charge in [-0.15, -0.1) is 11.3 Å². The summed E-state index contributed by atoms with van der Waals surface area (Å²) in [5, 5.41) is 10.4. The van der Waals surface area contributed by atoms with Crippen molar-refractivity contribution in [3.05, 3.63) is 40.6 Å². The fourth-order valence-corrected chi connectivity index (χ4v) is 4.00. The highest BCUT2D eigenvalue weighted by Gasteiger charge is 2.23. The Bertz CT molecular complexity index is 751. The van der Waals surface area contributed by atoms with Gasteiger partial charge in [-0.2, -0.15) is 0 Å². The van der Waals surface area contributed by atoms with Crippen LogP contribution >= 0.6 is 11.3 Å². The summed E-state index contributed by atoms with van der Waals surface area (Å²) in [5.41, 5.74) is 0.309. The number of carboxylic acids is 1. The fourth-order valence-electron chi connectivity index (χ4n) is 1.69. The normalized spacial score (nSPS) is 11.1. The number of hydrogen-bond donors (Lipinski definition) is 2. The Balaban J connectivity index is 2.31. The summed E-state index contributed by atoms with van der Waals surface area (Å²) in [4.78, 5) is 10.6. The highest BCUT2D eigenvalue weighted by Crippen LogP contribution is 2.25. The van der Waals surface area contributed by atoms with Gasteiger partial charge in [-0.3, -0.25) is 4.72 Å². The van der Waals surface area contributed by atoms with Crippen molar-refractivity contribution in [3.63, 3.8) is 0 Å². The third kappa shape index (κ3) is 3.53. The first-order chi connectivity index (χ1) is 9.94. The lowest BCUT2D eigenvalue weighted by atomic mass is 10.3. The van der Waals surface area contributed by atoms with E-state index >= 15 is 0 Å². The summed E-state index contributed by atoms with van der Waals surface area (Å²) in [6, 6.07) is 7.72. The molecule has 0 saturated heterocycles. The molecule has 2 rings (SSSR count).